The van der Waals surface area contributed by atoms with Crippen LogP contribution in [-0.4, -0.2) is 23.9 Å². The van der Waals surface area contributed by atoms with Gasteiger partial charge in [-0.05, 0) is 42.8 Å². The average molecular weight is 468 g/mol. The van der Waals surface area contributed by atoms with E-state index in [1.54, 1.807) is 30.3 Å². The van der Waals surface area contributed by atoms with Crippen LogP contribution in [0.1, 0.15) is 27.0 Å². The Morgan fingerprint density at radius 3 is 2.29 bits per heavy atom. The molecule has 174 valence electrons. The first-order valence-electron chi connectivity index (χ1n) is 9.93. The lowest BCUT2D eigenvalue weighted by atomic mass is 10.1. The van der Waals surface area contributed by atoms with Gasteiger partial charge in [-0.3, -0.25) is 14.4 Å². The summed E-state index contributed by atoms with van der Waals surface area (Å²) in [6.07, 6.45) is -3.82. The van der Waals surface area contributed by atoms with E-state index in [0.29, 0.717) is 5.69 Å². The molecule has 0 aliphatic carbocycles. The number of amides is 3. The number of nitrogens with zero attached hydrogens (tertiary/aromatic N) is 1. The molecule has 3 aromatic rings. The SMILES string of the molecule is Cc1cccc(NC(=O)c2ccccc2NC(=O)C(=O)N/N=C/c2ccccc2C(F)(F)F)c1. The molecule has 0 aliphatic heterocycles. The molecule has 0 aromatic heterocycles. The summed E-state index contributed by atoms with van der Waals surface area (Å²) in [7, 11) is 0. The number of rotatable bonds is 5. The van der Waals surface area contributed by atoms with Gasteiger partial charge >= 0.3 is 18.0 Å². The molecule has 0 heterocycles. The number of aryl methyl sites for hydroxylation is 1. The predicted molar refractivity (Wildman–Crippen MR) is 121 cm³/mol. The second kappa shape index (κ2) is 10.4. The largest absolute Gasteiger partial charge is 0.417 e. The van der Waals surface area contributed by atoms with Crippen molar-refractivity contribution in [3.05, 3.63) is 95.1 Å². The van der Waals surface area contributed by atoms with Crippen LogP contribution in [0, 0.1) is 6.92 Å². The van der Waals surface area contributed by atoms with Crippen molar-refractivity contribution in [2.45, 2.75) is 13.1 Å². The first-order chi connectivity index (χ1) is 16.1. The number of hydrogen-bond donors (Lipinski definition) is 3. The summed E-state index contributed by atoms with van der Waals surface area (Å²) >= 11 is 0. The van der Waals surface area contributed by atoms with E-state index in [4.69, 9.17) is 0 Å². The summed E-state index contributed by atoms with van der Waals surface area (Å²) in [5, 5.41) is 8.45. The Morgan fingerprint density at radius 1 is 0.853 bits per heavy atom. The smallest absolute Gasteiger partial charge is 0.322 e. The Bertz CT molecular complexity index is 1260. The molecule has 0 fully saturated rings. The van der Waals surface area contributed by atoms with E-state index in [-0.39, 0.29) is 16.8 Å². The molecule has 0 radical (unpaired) electrons. The van der Waals surface area contributed by atoms with Crippen LogP contribution in [0.3, 0.4) is 0 Å². The molecule has 3 aromatic carbocycles. The van der Waals surface area contributed by atoms with E-state index >= 15 is 0 Å². The van der Waals surface area contributed by atoms with Gasteiger partial charge in [-0.15, -0.1) is 0 Å². The Hall–Kier alpha value is -4.47. The van der Waals surface area contributed by atoms with Crippen LogP contribution in [-0.2, 0) is 15.8 Å². The number of benzene rings is 3. The lowest BCUT2D eigenvalue weighted by molar-refractivity contribution is -0.137. The summed E-state index contributed by atoms with van der Waals surface area (Å²) in [4.78, 5) is 37.0. The third-order valence-electron chi connectivity index (χ3n) is 4.54. The standard InChI is InChI=1S/C24H19F3N4O3/c1-15-7-6-9-17(13-15)29-21(32)18-10-3-5-12-20(18)30-22(33)23(34)31-28-14-16-8-2-4-11-19(16)24(25,26)27/h2-14H,1H3,(H,29,32)(H,30,33)(H,31,34)/b28-14+. The third-order valence-corrected chi connectivity index (χ3v) is 4.54. The Morgan fingerprint density at radius 2 is 1.56 bits per heavy atom. The van der Waals surface area contributed by atoms with Crippen molar-refractivity contribution in [3.63, 3.8) is 0 Å². The quantitative estimate of drug-likeness (QED) is 0.295. The summed E-state index contributed by atoms with van der Waals surface area (Å²) in [5.41, 5.74) is 2.32. The molecular weight excluding hydrogens is 449 g/mol. The monoisotopic (exact) mass is 468 g/mol. The summed E-state index contributed by atoms with van der Waals surface area (Å²) in [6, 6.07) is 17.8. The highest BCUT2D eigenvalue weighted by molar-refractivity contribution is 6.40. The molecule has 3 amide bonds. The van der Waals surface area contributed by atoms with Crippen LogP contribution in [0.25, 0.3) is 0 Å². The highest BCUT2D eigenvalue weighted by Gasteiger charge is 2.32. The number of halogens is 3. The summed E-state index contributed by atoms with van der Waals surface area (Å²) < 4.78 is 39.1. The normalized spacial score (nSPS) is 11.2. The molecule has 7 nitrogen and oxygen atoms in total. The van der Waals surface area contributed by atoms with Crippen molar-refractivity contribution >= 4 is 35.3 Å². The van der Waals surface area contributed by atoms with Crippen molar-refractivity contribution < 1.29 is 27.6 Å². The summed E-state index contributed by atoms with van der Waals surface area (Å²) in [5.74, 6) is -2.89. The van der Waals surface area contributed by atoms with E-state index in [2.05, 4.69) is 15.7 Å². The van der Waals surface area contributed by atoms with Crippen molar-refractivity contribution in [3.8, 4) is 0 Å². The molecular formula is C24H19F3N4O3. The van der Waals surface area contributed by atoms with Crippen LogP contribution < -0.4 is 16.1 Å². The van der Waals surface area contributed by atoms with Gasteiger partial charge in [0.15, 0.2) is 0 Å². The van der Waals surface area contributed by atoms with Crippen molar-refractivity contribution in [1.82, 2.24) is 5.43 Å². The van der Waals surface area contributed by atoms with Gasteiger partial charge < -0.3 is 10.6 Å². The van der Waals surface area contributed by atoms with Gasteiger partial charge in [0.1, 0.15) is 0 Å². The topological polar surface area (TPSA) is 99.7 Å². The maximum Gasteiger partial charge on any atom is 0.417 e. The molecule has 3 N–H and O–H groups in total. The van der Waals surface area contributed by atoms with E-state index in [9.17, 15) is 27.6 Å². The molecule has 34 heavy (non-hydrogen) atoms. The highest BCUT2D eigenvalue weighted by atomic mass is 19.4. The maximum absolute atomic E-state index is 13.0. The van der Waals surface area contributed by atoms with Gasteiger partial charge in [0.2, 0.25) is 0 Å². The van der Waals surface area contributed by atoms with Gasteiger partial charge in [-0.2, -0.15) is 18.3 Å². The zero-order valence-electron chi connectivity index (χ0n) is 17.8. The third kappa shape index (κ3) is 6.28. The molecule has 0 atom stereocenters. The number of hydrogen-bond acceptors (Lipinski definition) is 4. The summed E-state index contributed by atoms with van der Waals surface area (Å²) in [6.45, 7) is 1.87. The van der Waals surface area contributed by atoms with Crippen LogP contribution in [0.15, 0.2) is 77.9 Å². The van der Waals surface area contributed by atoms with Crippen LogP contribution in [0.5, 0.6) is 0 Å². The zero-order valence-corrected chi connectivity index (χ0v) is 17.8. The fourth-order valence-electron chi connectivity index (χ4n) is 2.97. The first kappa shape index (κ1) is 24.2. The zero-order chi connectivity index (χ0) is 24.7. The average Bonchev–Trinajstić information content (AvgIpc) is 2.79. The minimum absolute atomic E-state index is 0.0687. The molecule has 0 saturated carbocycles. The van der Waals surface area contributed by atoms with Gasteiger partial charge in [0, 0.05) is 11.3 Å². The van der Waals surface area contributed by atoms with E-state index in [1.165, 1.54) is 30.3 Å². The molecule has 0 aliphatic rings. The lowest BCUT2D eigenvalue weighted by Gasteiger charge is -2.11. The second-order valence-electron chi connectivity index (χ2n) is 7.11. The van der Waals surface area contributed by atoms with Crippen LogP contribution in [0.4, 0.5) is 24.5 Å². The van der Waals surface area contributed by atoms with Crippen molar-refractivity contribution in [2.75, 3.05) is 10.6 Å². The number of carbonyl (C=O) groups is 3. The van der Waals surface area contributed by atoms with Gasteiger partial charge in [0.25, 0.3) is 5.91 Å². The Labute approximate surface area is 192 Å². The number of nitrogens with one attached hydrogen (secondary N) is 3. The van der Waals surface area contributed by atoms with E-state index in [1.807, 2.05) is 18.4 Å². The molecule has 10 heteroatoms. The van der Waals surface area contributed by atoms with E-state index in [0.717, 1.165) is 17.8 Å². The van der Waals surface area contributed by atoms with E-state index < -0.39 is 29.5 Å². The Kier molecular flexibility index (Phi) is 7.42. The fourth-order valence-corrected chi connectivity index (χ4v) is 2.97. The minimum atomic E-state index is -4.60. The van der Waals surface area contributed by atoms with Gasteiger partial charge in [-0.1, -0.05) is 42.5 Å². The maximum atomic E-state index is 13.0. The highest BCUT2D eigenvalue weighted by Crippen LogP contribution is 2.31. The molecule has 0 unspecified atom stereocenters. The number of hydrazone groups is 1. The molecule has 3 rings (SSSR count). The van der Waals surface area contributed by atoms with Gasteiger partial charge in [-0.25, -0.2) is 5.43 Å². The van der Waals surface area contributed by atoms with Crippen LogP contribution >= 0.6 is 0 Å². The molecule has 0 saturated heterocycles. The molecule has 0 spiro atoms. The molecule has 0 bridgehead atoms. The van der Waals surface area contributed by atoms with Crippen molar-refractivity contribution in [2.24, 2.45) is 5.10 Å². The number of alkyl halides is 3. The lowest BCUT2D eigenvalue weighted by Crippen LogP contribution is -2.33. The number of para-hydroxylation sites is 1. The fraction of sp³-hybridized carbons (Fsp3) is 0.0833. The number of anilines is 2. The Balaban J connectivity index is 1.67. The van der Waals surface area contributed by atoms with Crippen molar-refractivity contribution in [1.29, 1.82) is 0 Å². The second-order valence-corrected chi connectivity index (χ2v) is 7.11. The number of carbonyl (C=O) groups excluding carboxylic acids is 3. The van der Waals surface area contributed by atoms with Gasteiger partial charge in [0.05, 0.1) is 23.0 Å². The predicted octanol–water partition coefficient (Wildman–Crippen LogP) is 4.35. The minimum Gasteiger partial charge on any atom is -0.322 e. The first-order valence-corrected chi connectivity index (χ1v) is 9.93. The van der Waals surface area contributed by atoms with Crippen LogP contribution in [0.2, 0.25) is 0 Å².